The van der Waals surface area contributed by atoms with Crippen molar-refractivity contribution in [2.75, 3.05) is 4.90 Å². The molecular weight excluding hydrogens is 911 g/mol. The first-order chi connectivity index (χ1) is 37.2. The maximum Gasteiger partial charge on any atom is 0.132 e. The normalized spacial score (nSPS) is 14.0. The van der Waals surface area contributed by atoms with Gasteiger partial charge in [-0.3, -0.25) is 0 Å². The van der Waals surface area contributed by atoms with E-state index in [0.717, 1.165) is 73.4 Å². The number of para-hydroxylation sites is 5. The van der Waals surface area contributed by atoms with Crippen LogP contribution in [0.2, 0.25) is 0 Å². The first kappa shape index (κ1) is 41.9. The Bertz CT molecular complexity index is 4230. The number of hydrogen-bond donors (Lipinski definition) is 0. The summed E-state index contributed by atoms with van der Waals surface area (Å²) < 4.78 is 13.6. The molecule has 4 aliphatic rings. The van der Waals surface area contributed by atoms with E-state index in [-0.39, 0.29) is 0 Å². The fourth-order valence-corrected chi connectivity index (χ4v) is 13.7. The molecule has 75 heavy (non-hydrogen) atoms. The van der Waals surface area contributed by atoms with Crippen molar-refractivity contribution in [3.63, 3.8) is 0 Å². The first-order valence-electron chi connectivity index (χ1n) is 25.9. The van der Waals surface area contributed by atoms with Gasteiger partial charge in [0.05, 0.1) is 22.2 Å². The molecule has 16 rings (SSSR count). The molecule has 0 amide bonds. The molecule has 12 aromatic rings. The molecule has 0 fully saturated rings. The Morgan fingerprint density at radius 3 is 1.37 bits per heavy atom. The molecule has 2 spiro atoms. The summed E-state index contributed by atoms with van der Waals surface area (Å²) in [6, 6.07) is 100. The summed E-state index contributed by atoms with van der Waals surface area (Å²) >= 11 is 0. The molecule has 0 atom stereocenters. The largest absolute Gasteiger partial charge is 0.457 e. The smallest absolute Gasteiger partial charge is 0.132 e. The van der Waals surface area contributed by atoms with Crippen LogP contribution in [0.3, 0.4) is 0 Å². The van der Waals surface area contributed by atoms with Gasteiger partial charge in [0, 0.05) is 39.1 Å². The first-order valence-corrected chi connectivity index (χ1v) is 25.9. The van der Waals surface area contributed by atoms with Crippen LogP contribution in [0.15, 0.2) is 273 Å². The summed E-state index contributed by atoms with van der Waals surface area (Å²) in [5.41, 5.74) is 21.1. The minimum atomic E-state index is -0.651. The third kappa shape index (κ3) is 5.70. The summed E-state index contributed by atoms with van der Waals surface area (Å²) in [5.74, 6) is 3.51. The van der Waals surface area contributed by atoms with Crippen molar-refractivity contribution >= 4 is 27.8 Å². The van der Waals surface area contributed by atoms with Gasteiger partial charge in [0.1, 0.15) is 23.0 Å². The molecule has 2 heterocycles. The molecule has 0 unspecified atom stereocenters. The number of anilines is 3. The highest BCUT2D eigenvalue weighted by Crippen LogP contribution is 2.66. The monoisotopic (exact) mass is 955 g/mol. The number of nitrogens with zero attached hydrogens (tertiary/aromatic N) is 1. The third-order valence-corrected chi connectivity index (χ3v) is 16.6. The van der Waals surface area contributed by atoms with Gasteiger partial charge >= 0.3 is 0 Å². The van der Waals surface area contributed by atoms with E-state index in [0.29, 0.717) is 0 Å². The molecule has 0 bridgehead atoms. The van der Waals surface area contributed by atoms with E-state index in [1.54, 1.807) is 0 Å². The van der Waals surface area contributed by atoms with Crippen LogP contribution in [-0.2, 0) is 10.8 Å². The fourth-order valence-electron chi connectivity index (χ4n) is 13.7. The lowest BCUT2D eigenvalue weighted by molar-refractivity contribution is 0.436. The molecule has 0 N–H and O–H groups in total. The van der Waals surface area contributed by atoms with E-state index in [1.165, 1.54) is 66.4 Å². The second kappa shape index (κ2) is 15.9. The van der Waals surface area contributed by atoms with Crippen molar-refractivity contribution in [2.45, 2.75) is 10.8 Å². The van der Waals surface area contributed by atoms with Crippen molar-refractivity contribution in [2.24, 2.45) is 0 Å². The molecule has 12 aromatic carbocycles. The van der Waals surface area contributed by atoms with Gasteiger partial charge in [-0.05, 0) is 115 Å². The van der Waals surface area contributed by atoms with E-state index in [4.69, 9.17) is 9.47 Å². The van der Waals surface area contributed by atoms with Gasteiger partial charge in [-0.2, -0.15) is 0 Å². The zero-order valence-corrected chi connectivity index (χ0v) is 40.7. The van der Waals surface area contributed by atoms with E-state index < -0.39 is 10.8 Å². The van der Waals surface area contributed by atoms with Gasteiger partial charge < -0.3 is 14.4 Å². The molecule has 350 valence electrons. The summed E-state index contributed by atoms with van der Waals surface area (Å²) in [5, 5.41) is 2.37. The van der Waals surface area contributed by atoms with E-state index in [1.807, 2.05) is 0 Å². The molecule has 0 saturated heterocycles. The molecule has 2 aliphatic heterocycles. The Labute approximate surface area is 435 Å². The zero-order chi connectivity index (χ0) is 49.2. The second-order valence-corrected chi connectivity index (χ2v) is 20.2. The van der Waals surface area contributed by atoms with Gasteiger partial charge in [0.2, 0.25) is 0 Å². The lowest BCUT2D eigenvalue weighted by Gasteiger charge is -2.40. The summed E-state index contributed by atoms with van der Waals surface area (Å²) in [7, 11) is 0. The number of ether oxygens (including phenoxy) is 2. The van der Waals surface area contributed by atoms with Crippen LogP contribution in [0.25, 0.3) is 55.3 Å². The van der Waals surface area contributed by atoms with E-state index >= 15 is 0 Å². The van der Waals surface area contributed by atoms with E-state index in [2.05, 4.69) is 278 Å². The van der Waals surface area contributed by atoms with Crippen molar-refractivity contribution in [3.05, 3.63) is 317 Å². The summed E-state index contributed by atoms with van der Waals surface area (Å²) in [4.78, 5) is 2.55. The second-order valence-electron chi connectivity index (χ2n) is 20.2. The van der Waals surface area contributed by atoms with Gasteiger partial charge in [0.15, 0.2) is 0 Å². The maximum absolute atomic E-state index is 6.82. The van der Waals surface area contributed by atoms with Gasteiger partial charge in [-0.1, -0.05) is 224 Å². The molecule has 2 aliphatic carbocycles. The molecule has 0 saturated carbocycles. The number of benzene rings is 12. The van der Waals surface area contributed by atoms with Crippen molar-refractivity contribution in [1.82, 2.24) is 0 Å². The Morgan fingerprint density at radius 2 is 0.733 bits per heavy atom. The fraction of sp³-hybridized carbons (Fsp3) is 0.0278. The SMILES string of the molecule is c1ccc(-c2ccc(-c3ccccc3N(c3ccc4ccc5c(c4c3)C3(c4ccccc4Oc4ccccc43)c3ccccc3-5)c3cccc4c3-c3ccccc3C43c4ccccc4Oc4ccccc43)cc2)cc1. The predicted molar refractivity (Wildman–Crippen MR) is 304 cm³/mol. The van der Waals surface area contributed by atoms with Crippen LogP contribution in [0.1, 0.15) is 44.5 Å². The Morgan fingerprint density at radius 1 is 0.280 bits per heavy atom. The van der Waals surface area contributed by atoms with Crippen LogP contribution in [0, 0.1) is 0 Å². The quantitative estimate of drug-likeness (QED) is 0.172. The molecule has 3 nitrogen and oxygen atoms in total. The molecule has 0 aromatic heterocycles. The standard InChI is InChI=1S/C72H45NO2/c1-2-19-46(20-3-1)47-37-39-48(40-38-47)51-21-6-13-31-63(51)73(64-32-18-30-62-69(64)54-23-5-8-25-57(54)71(62)58-26-9-14-33-65(58)74-66-34-15-10-27-59(66)71)50-43-41-49-42-44-53-52-22-4-7-24-56(52)72(70(53)55(49)45-50)60-28-11-16-35-67(60)75-68-36-17-12-29-61(68)72/h1-45H. The highest BCUT2D eigenvalue weighted by atomic mass is 16.5. The van der Waals surface area contributed by atoms with Crippen molar-refractivity contribution < 1.29 is 9.47 Å². The average molecular weight is 956 g/mol. The minimum Gasteiger partial charge on any atom is -0.457 e. The predicted octanol–water partition coefficient (Wildman–Crippen LogP) is 18.6. The maximum atomic E-state index is 6.82. The lowest BCUT2D eigenvalue weighted by Crippen LogP contribution is -2.32. The number of fused-ring (bicyclic) bond motifs is 20. The Balaban J connectivity index is 1.00. The summed E-state index contributed by atoms with van der Waals surface area (Å²) in [6.07, 6.45) is 0. The highest BCUT2D eigenvalue weighted by Gasteiger charge is 2.53. The molecule has 0 radical (unpaired) electrons. The highest BCUT2D eigenvalue weighted by molar-refractivity contribution is 6.05. The topological polar surface area (TPSA) is 21.7 Å². The van der Waals surface area contributed by atoms with Gasteiger partial charge in [-0.25, -0.2) is 0 Å². The lowest BCUT2D eigenvalue weighted by atomic mass is 9.65. The van der Waals surface area contributed by atoms with Crippen LogP contribution >= 0.6 is 0 Å². The van der Waals surface area contributed by atoms with Gasteiger partial charge in [0.25, 0.3) is 0 Å². The van der Waals surface area contributed by atoms with Crippen LogP contribution < -0.4 is 14.4 Å². The minimum absolute atomic E-state index is 0.641. The van der Waals surface area contributed by atoms with Crippen molar-refractivity contribution in [1.29, 1.82) is 0 Å². The van der Waals surface area contributed by atoms with Crippen LogP contribution in [-0.4, -0.2) is 0 Å². The van der Waals surface area contributed by atoms with Crippen molar-refractivity contribution in [3.8, 4) is 67.5 Å². The number of rotatable bonds is 5. The van der Waals surface area contributed by atoms with Crippen LogP contribution in [0.4, 0.5) is 17.1 Å². The van der Waals surface area contributed by atoms with E-state index in [9.17, 15) is 0 Å². The zero-order valence-electron chi connectivity index (χ0n) is 40.7. The third-order valence-electron chi connectivity index (χ3n) is 16.6. The number of hydrogen-bond acceptors (Lipinski definition) is 3. The molecule has 3 heteroatoms. The average Bonchev–Trinajstić information content (AvgIpc) is 4.13. The Kier molecular flexibility index (Phi) is 8.88. The van der Waals surface area contributed by atoms with Crippen LogP contribution in [0.5, 0.6) is 23.0 Å². The summed E-state index contributed by atoms with van der Waals surface area (Å²) in [6.45, 7) is 0. The molecular formula is C72H45NO2. The Hall–Kier alpha value is -9.70. The van der Waals surface area contributed by atoms with Gasteiger partial charge in [-0.15, -0.1) is 0 Å².